The molecule has 6 rings (SSSR count). The van der Waals surface area contributed by atoms with Gasteiger partial charge in [-0.2, -0.15) is 0 Å². The Labute approximate surface area is 206 Å². The Bertz CT molecular complexity index is 1430. The fraction of sp³-hybridized carbons (Fsp3) is 0.143. The molecular weight excluding hydrogens is 526 g/mol. The van der Waals surface area contributed by atoms with Gasteiger partial charge in [-0.05, 0) is 0 Å². The van der Waals surface area contributed by atoms with Crippen LogP contribution in [0, 0.1) is 13.8 Å². The van der Waals surface area contributed by atoms with Crippen LogP contribution >= 0.6 is 17.0 Å². The molecule has 2 heterocycles. The van der Waals surface area contributed by atoms with E-state index in [-0.39, 0.29) is 3.63 Å². The van der Waals surface area contributed by atoms with E-state index in [0.29, 0.717) is 0 Å². The molecule has 0 amide bonds. The van der Waals surface area contributed by atoms with E-state index in [1.807, 2.05) is 0 Å². The summed E-state index contributed by atoms with van der Waals surface area (Å²) in [6.45, 7) is 4.29. The van der Waals surface area contributed by atoms with Gasteiger partial charge in [0.25, 0.3) is 0 Å². The summed E-state index contributed by atoms with van der Waals surface area (Å²) in [6.07, 6.45) is 13.2. The first-order valence-corrected chi connectivity index (χ1v) is 20.2. The van der Waals surface area contributed by atoms with Gasteiger partial charge in [0.15, 0.2) is 0 Å². The Morgan fingerprint density at radius 1 is 0.879 bits per heavy atom. The number of aryl methyl sites for hydroxylation is 2. The molecule has 5 heteroatoms. The number of allylic oxidation sites excluding steroid dienone is 2. The summed E-state index contributed by atoms with van der Waals surface area (Å²) in [5.74, 6) is 0. The van der Waals surface area contributed by atoms with Crippen LogP contribution in [0.1, 0.15) is 37.1 Å². The Hall–Kier alpha value is -2.06. The predicted octanol–water partition coefficient (Wildman–Crippen LogP) is 7.85. The summed E-state index contributed by atoms with van der Waals surface area (Å²) in [5, 5.41) is 0. The van der Waals surface area contributed by atoms with E-state index in [1.54, 1.807) is 0 Å². The molecular formula is C28H24Cl2N2Zr. The average Bonchev–Trinajstić information content (AvgIpc) is 3.58. The second kappa shape index (κ2) is 7.74. The van der Waals surface area contributed by atoms with Crippen molar-refractivity contribution in [2.24, 2.45) is 0 Å². The monoisotopic (exact) mass is 548 g/mol. The molecule has 2 aliphatic rings. The SMILES string of the molecule is Cc1cc(C)n(C2=Cc3ccccc3[CH]2[Zr]([Cl])([Cl])[C]2(n3cccc3)C=Cc3ccccc32)c1. The van der Waals surface area contributed by atoms with Crippen molar-refractivity contribution in [1.82, 2.24) is 9.13 Å². The zero-order valence-electron chi connectivity index (χ0n) is 18.5. The van der Waals surface area contributed by atoms with Gasteiger partial charge in [0.05, 0.1) is 0 Å². The van der Waals surface area contributed by atoms with Gasteiger partial charge in [0, 0.05) is 0 Å². The number of nitrogens with zero attached hydrogens (tertiary/aromatic N) is 2. The fourth-order valence-electron chi connectivity index (χ4n) is 5.68. The van der Waals surface area contributed by atoms with E-state index in [4.69, 9.17) is 17.0 Å². The van der Waals surface area contributed by atoms with Crippen molar-refractivity contribution in [2.75, 3.05) is 0 Å². The van der Waals surface area contributed by atoms with Gasteiger partial charge < -0.3 is 0 Å². The second-order valence-electron chi connectivity index (χ2n) is 9.06. The van der Waals surface area contributed by atoms with E-state index in [0.717, 1.165) is 0 Å². The van der Waals surface area contributed by atoms with Crippen LogP contribution in [-0.4, -0.2) is 9.13 Å². The number of halogens is 2. The van der Waals surface area contributed by atoms with E-state index in [2.05, 4.69) is 127 Å². The molecule has 2 unspecified atom stereocenters. The molecule has 2 aliphatic carbocycles. The molecule has 33 heavy (non-hydrogen) atoms. The molecule has 164 valence electrons. The Kier molecular flexibility index (Phi) is 5.03. The first-order valence-electron chi connectivity index (χ1n) is 11.2. The number of aromatic nitrogens is 2. The van der Waals surface area contributed by atoms with E-state index >= 15 is 0 Å². The molecule has 2 atom stereocenters. The quantitative estimate of drug-likeness (QED) is 0.245. The van der Waals surface area contributed by atoms with Crippen LogP contribution < -0.4 is 0 Å². The molecule has 0 radical (unpaired) electrons. The van der Waals surface area contributed by atoms with Crippen LogP contribution in [0.5, 0.6) is 0 Å². The minimum atomic E-state index is -4.25. The third-order valence-corrected chi connectivity index (χ3v) is 20.6. The van der Waals surface area contributed by atoms with Crippen molar-refractivity contribution in [3.05, 3.63) is 125 Å². The molecule has 0 spiro atoms. The summed E-state index contributed by atoms with van der Waals surface area (Å²) in [5.41, 5.74) is 8.46. The molecule has 0 N–H and O–H groups in total. The van der Waals surface area contributed by atoms with Crippen LogP contribution in [0.2, 0.25) is 0 Å². The Morgan fingerprint density at radius 2 is 1.58 bits per heavy atom. The molecule has 2 aromatic heterocycles. The van der Waals surface area contributed by atoms with Gasteiger partial charge in [0.2, 0.25) is 0 Å². The molecule has 2 aromatic carbocycles. The third-order valence-electron chi connectivity index (χ3n) is 7.09. The molecule has 0 bridgehead atoms. The van der Waals surface area contributed by atoms with Gasteiger partial charge in [-0.15, -0.1) is 0 Å². The van der Waals surface area contributed by atoms with E-state index in [9.17, 15) is 0 Å². The predicted molar refractivity (Wildman–Crippen MR) is 136 cm³/mol. The standard InChI is InChI=1S/C15H14N.C13H10N.2ClH.Zr/c1-11-7-12(2)16(10-11)15-8-13-5-3-4-6-14(13)9-15;1-2-6-12-11(5-1)7-8-13(12)14-9-3-4-10-14;;;/h3-10H,1-2H3;1-10H;2*1H;/q;;;;+2/p-2. The zero-order chi connectivity index (χ0) is 22.8. The van der Waals surface area contributed by atoms with Crippen molar-refractivity contribution >= 4 is 34.9 Å². The van der Waals surface area contributed by atoms with Crippen molar-refractivity contribution in [3.63, 3.8) is 0 Å². The molecule has 0 saturated heterocycles. The fourth-order valence-corrected chi connectivity index (χ4v) is 19.1. The van der Waals surface area contributed by atoms with Gasteiger partial charge >= 0.3 is 208 Å². The first-order chi connectivity index (χ1) is 15.9. The van der Waals surface area contributed by atoms with Gasteiger partial charge in [0.1, 0.15) is 0 Å². The number of benzene rings is 2. The summed E-state index contributed by atoms with van der Waals surface area (Å²) in [6, 6.07) is 23.4. The molecule has 4 aromatic rings. The molecule has 0 aliphatic heterocycles. The Morgan fingerprint density at radius 3 is 2.30 bits per heavy atom. The van der Waals surface area contributed by atoms with Crippen molar-refractivity contribution in [2.45, 2.75) is 20.7 Å². The second-order valence-corrected chi connectivity index (χ2v) is 23.6. The van der Waals surface area contributed by atoms with Gasteiger partial charge in [-0.1, -0.05) is 0 Å². The third kappa shape index (κ3) is 3.02. The van der Waals surface area contributed by atoms with Crippen LogP contribution in [-0.2, 0) is 21.1 Å². The van der Waals surface area contributed by atoms with Crippen LogP contribution in [0.15, 0.2) is 91.4 Å². The number of fused-ring (bicyclic) bond motifs is 2. The van der Waals surface area contributed by atoms with E-state index in [1.165, 1.54) is 39.2 Å². The minimum absolute atomic E-state index is 0.0393. The first kappa shape index (κ1) is 21.5. The summed E-state index contributed by atoms with van der Waals surface area (Å²) < 4.78 is 3.94. The van der Waals surface area contributed by atoms with Crippen LogP contribution in [0.25, 0.3) is 17.8 Å². The van der Waals surface area contributed by atoms with Crippen LogP contribution in [0.4, 0.5) is 0 Å². The van der Waals surface area contributed by atoms with Crippen molar-refractivity contribution in [1.29, 1.82) is 0 Å². The topological polar surface area (TPSA) is 9.86 Å². The summed E-state index contributed by atoms with van der Waals surface area (Å²) in [7, 11) is 15.8. The maximum atomic E-state index is 7.91. The molecule has 2 nitrogen and oxygen atoms in total. The van der Waals surface area contributed by atoms with Crippen molar-refractivity contribution in [3.8, 4) is 0 Å². The van der Waals surface area contributed by atoms with Crippen LogP contribution in [0.3, 0.4) is 0 Å². The molecule has 0 saturated carbocycles. The number of hydrogen-bond donors (Lipinski definition) is 0. The normalized spacial score (nSPS) is 21.2. The molecule has 0 fully saturated rings. The van der Waals surface area contributed by atoms with Gasteiger partial charge in [-0.25, -0.2) is 0 Å². The average molecular weight is 551 g/mol. The Balaban J connectivity index is 1.63. The summed E-state index contributed by atoms with van der Waals surface area (Å²) >= 11 is -4.25. The zero-order valence-corrected chi connectivity index (χ0v) is 22.5. The van der Waals surface area contributed by atoms with E-state index < -0.39 is 21.1 Å². The summed E-state index contributed by atoms with van der Waals surface area (Å²) in [4.78, 5) is 0. The maximum absolute atomic E-state index is 7.91. The number of hydrogen-bond acceptors (Lipinski definition) is 0. The van der Waals surface area contributed by atoms with Crippen molar-refractivity contribution < 1.29 is 17.9 Å². The van der Waals surface area contributed by atoms with Gasteiger partial charge in [-0.3, -0.25) is 0 Å². The number of rotatable bonds is 4.